The van der Waals surface area contributed by atoms with Crippen LogP contribution < -0.4 is 10.5 Å². The molecule has 0 heterocycles. The average molecular weight is 306 g/mol. The van der Waals surface area contributed by atoms with Crippen molar-refractivity contribution in [1.29, 1.82) is 0 Å². The molecule has 0 amide bonds. The molecule has 8 heteroatoms. The molecule has 1 atom stereocenters. The number of hydrogen-bond donors (Lipinski definition) is 1. The van der Waals surface area contributed by atoms with E-state index in [2.05, 4.69) is 4.74 Å². The van der Waals surface area contributed by atoms with Crippen molar-refractivity contribution in [2.24, 2.45) is 5.73 Å². The third kappa shape index (κ3) is 4.83. The van der Waals surface area contributed by atoms with Crippen molar-refractivity contribution >= 4 is 12.4 Å². The maximum absolute atomic E-state index is 12.8. The van der Waals surface area contributed by atoms with Gasteiger partial charge in [-0.05, 0) is 12.5 Å². The molecule has 0 aliphatic rings. The summed E-state index contributed by atoms with van der Waals surface area (Å²) < 4.78 is 65.7. The van der Waals surface area contributed by atoms with Crippen molar-refractivity contribution in [3.05, 3.63) is 29.8 Å². The summed E-state index contributed by atoms with van der Waals surface area (Å²) in [5.74, 6) is -0.469. The van der Waals surface area contributed by atoms with Crippen molar-refractivity contribution in [3.8, 4) is 5.75 Å². The Hall–Kier alpha value is -1.08. The van der Waals surface area contributed by atoms with Crippen LogP contribution in [0.25, 0.3) is 0 Å². The Labute approximate surface area is 113 Å². The molecule has 0 fully saturated rings. The van der Waals surface area contributed by atoms with E-state index in [-0.39, 0.29) is 24.4 Å². The van der Waals surface area contributed by atoms with Crippen molar-refractivity contribution in [3.63, 3.8) is 0 Å². The number of benzene rings is 1. The van der Waals surface area contributed by atoms with Gasteiger partial charge in [0.25, 0.3) is 0 Å². The number of halogens is 6. The van der Waals surface area contributed by atoms with Crippen LogP contribution in [0.5, 0.6) is 5.75 Å². The van der Waals surface area contributed by atoms with E-state index < -0.39 is 31.0 Å². The highest BCUT2D eigenvalue weighted by Crippen LogP contribution is 2.32. The fourth-order valence-electron chi connectivity index (χ4n) is 1.34. The lowest BCUT2D eigenvalue weighted by Crippen LogP contribution is -2.34. The first-order valence-electron chi connectivity index (χ1n) is 5.14. The van der Waals surface area contributed by atoms with Crippen LogP contribution in [-0.4, -0.2) is 19.2 Å². The summed E-state index contributed by atoms with van der Waals surface area (Å²) in [6.45, 7) is -0.749. The molecule has 1 aromatic rings. The average Bonchev–Trinajstić information content (AvgIpc) is 2.29. The van der Waals surface area contributed by atoms with Crippen LogP contribution in [0.2, 0.25) is 0 Å². The summed E-state index contributed by atoms with van der Waals surface area (Å²) in [6.07, 6.45) is -8.67. The Bertz CT molecular complexity index is 391. The third-order valence-corrected chi connectivity index (χ3v) is 2.24. The number of para-hydroxylation sites is 1. The molecule has 0 radical (unpaired) electrons. The van der Waals surface area contributed by atoms with Crippen molar-refractivity contribution in [2.45, 2.75) is 25.0 Å². The minimum Gasteiger partial charge on any atom is -0.428 e. The lowest BCUT2D eigenvalue weighted by atomic mass is 10.0. The van der Waals surface area contributed by atoms with Crippen molar-refractivity contribution in [2.75, 3.05) is 6.67 Å². The van der Waals surface area contributed by atoms with Crippen molar-refractivity contribution in [1.82, 2.24) is 0 Å². The van der Waals surface area contributed by atoms with E-state index >= 15 is 0 Å². The van der Waals surface area contributed by atoms with Gasteiger partial charge in [-0.3, -0.25) is 4.39 Å². The second kappa shape index (κ2) is 7.49. The summed E-state index contributed by atoms with van der Waals surface area (Å²) in [6, 6.07) is 4.34. The number of ether oxygens (including phenoxy) is 1. The van der Waals surface area contributed by atoms with Crippen LogP contribution in [0.4, 0.5) is 22.0 Å². The van der Waals surface area contributed by atoms with Gasteiger partial charge in [0.15, 0.2) is 0 Å². The zero-order valence-electron chi connectivity index (χ0n) is 9.66. The largest absolute Gasteiger partial charge is 0.461 e. The second-order valence-electron chi connectivity index (χ2n) is 3.59. The van der Waals surface area contributed by atoms with Gasteiger partial charge >= 0.3 is 12.5 Å². The monoisotopic (exact) mass is 305 g/mol. The summed E-state index contributed by atoms with van der Waals surface area (Å²) in [4.78, 5) is 0. The highest BCUT2D eigenvalue weighted by atomic mass is 35.5. The predicted octanol–water partition coefficient (Wildman–Crippen LogP) is 3.70. The van der Waals surface area contributed by atoms with Gasteiger partial charge in [0.1, 0.15) is 5.75 Å². The van der Waals surface area contributed by atoms with Crippen LogP contribution in [0, 0.1) is 0 Å². The van der Waals surface area contributed by atoms with E-state index in [1.54, 1.807) is 0 Å². The summed E-state index contributed by atoms with van der Waals surface area (Å²) >= 11 is 0. The Morgan fingerprint density at radius 1 is 1.21 bits per heavy atom. The van der Waals surface area contributed by atoms with E-state index in [4.69, 9.17) is 5.73 Å². The quantitative estimate of drug-likeness (QED) is 0.813. The first-order valence-corrected chi connectivity index (χ1v) is 5.14. The van der Waals surface area contributed by atoms with Gasteiger partial charge in [0, 0.05) is 11.6 Å². The zero-order valence-corrected chi connectivity index (χ0v) is 10.5. The molecule has 0 aliphatic carbocycles. The third-order valence-electron chi connectivity index (χ3n) is 2.24. The SMILES string of the molecule is Cl.N[C@@H](CCF)c1ccccc1OC(F)(F)C(F)F. The first-order chi connectivity index (χ1) is 8.38. The van der Waals surface area contributed by atoms with Gasteiger partial charge in [0.2, 0.25) is 0 Å². The molecule has 0 unspecified atom stereocenters. The van der Waals surface area contributed by atoms with Gasteiger partial charge in [-0.15, -0.1) is 12.4 Å². The van der Waals surface area contributed by atoms with Crippen LogP contribution in [0.1, 0.15) is 18.0 Å². The molecule has 2 nitrogen and oxygen atoms in total. The van der Waals surface area contributed by atoms with Crippen LogP contribution in [0.3, 0.4) is 0 Å². The Kier molecular flexibility index (Phi) is 7.07. The molecule has 0 saturated heterocycles. The molecule has 0 spiro atoms. The van der Waals surface area contributed by atoms with Crippen LogP contribution in [0.15, 0.2) is 24.3 Å². The highest BCUT2D eigenvalue weighted by molar-refractivity contribution is 5.85. The highest BCUT2D eigenvalue weighted by Gasteiger charge is 2.44. The fraction of sp³-hybridized carbons (Fsp3) is 0.455. The smallest absolute Gasteiger partial charge is 0.428 e. The Balaban J connectivity index is 0.00000324. The zero-order chi connectivity index (χ0) is 13.8. The molecular weight excluding hydrogens is 293 g/mol. The molecule has 110 valence electrons. The van der Waals surface area contributed by atoms with E-state index in [0.717, 1.165) is 6.07 Å². The molecule has 2 N–H and O–H groups in total. The summed E-state index contributed by atoms with van der Waals surface area (Å²) in [5, 5.41) is 0. The van der Waals surface area contributed by atoms with Crippen LogP contribution in [-0.2, 0) is 0 Å². The lowest BCUT2D eigenvalue weighted by molar-refractivity contribution is -0.253. The number of rotatable bonds is 6. The molecule has 0 saturated carbocycles. The van der Waals surface area contributed by atoms with E-state index in [1.165, 1.54) is 18.2 Å². The van der Waals surface area contributed by atoms with Gasteiger partial charge < -0.3 is 10.5 Å². The van der Waals surface area contributed by atoms with Gasteiger partial charge in [0.05, 0.1) is 6.67 Å². The minimum absolute atomic E-state index is 0. The topological polar surface area (TPSA) is 35.2 Å². The van der Waals surface area contributed by atoms with E-state index in [9.17, 15) is 22.0 Å². The molecule has 1 rings (SSSR count). The van der Waals surface area contributed by atoms with Crippen molar-refractivity contribution < 1.29 is 26.7 Å². The number of alkyl halides is 5. The standard InChI is InChI=1S/C11H12F5NO.ClH/c12-6-5-8(17)7-3-1-2-4-9(7)18-11(15,16)10(13)14;/h1-4,8,10H,5-6,17H2;1H/t8-;/m0./s1. The Morgan fingerprint density at radius 2 is 1.79 bits per heavy atom. The maximum atomic E-state index is 12.8. The molecular formula is C11H13ClF5NO. The normalized spacial score (nSPS) is 13.0. The fourth-order valence-corrected chi connectivity index (χ4v) is 1.34. The summed E-state index contributed by atoms with van der Waals surface area (Å²) in [7, 11) is 0. The molecule has 0 aromatic heterocycles. The van der Waals surface area contributed by atoms with Crippen LogP contribution >= 0.6 is 12.4 Å². The predicted molar refractivity (Wildman–Crippen MR) is 62.8 cm³/mol. The van der Waals surface area contributed by atoms with Gasteiger partial charge in [-0.25, -0.2) is 0 Å². The van der Waals surface area contributed by atoms with E-state index in [0.29, 0.717) is 0 Å². The van der Waals surface area contributed by atoms with Gasteiger partial charge in [-0.2, -0.15) is 17.6 Å². The Morgan fingerprint density at radius 3 is 2.32 bits per heavy atom. The van der Waals surface area contributed by atoms with Gasteiger partial charge in [-0.1, -0.05) is 18.2 Å². The molecule has 0 aliphatic heterocycles. The summed E-state index contributed by atoms with van der Waals surface area (Å²) in [5.41, 5.74) is 5.61. The second-order valence-corrected chi connectivity index (χ2v) is 3.59. The maximum Gasteiger partial charge on any atom is 0.461 e. The first kappa shape index (κ1) is 17.9. The molecule has 19 heavy (non-hydrogen) atoms. The molecule has 1 aromatic carbocycles. The molecule has 0 bridgehead atoms. The minimum atomic E-state index is -4.61. The number of hydrogen-bond acceptors (Lipinski definition) is 2. The number of nitrogens with two attached hydrogens (primary N) is 1. The lowest BCUT2D eigenvalue weighted by Gasteiger charge is -2.21. The van der Waals surface area contributed by atoms with E-state index in [1.807, 2.05) is 0 Å².